The summed E-state index contributed by atoms with van der Waals surface area (Å²) >= 11 is 0. The lowest BCUT2D eigenvalue weighted by atomic mass is 10.0. The average Bonchev–Trinajstić information content (AvgIpc) is 2.50. The summed E-state index contributed by atoms with van der Waals surface area (Å²) in [4.78, 5) is 6.83. The van der Waals surface area contributed by atoms with E-state index in [4.69, 9.17) is 5.73 Å². The summed E-state index contributed by atoms with van der Waals surface area (Å²) in [7, 11) is 0. The number of likely N-dealkylation sites (tertiary alicyclic amines) is 1. The molecule has 0 amide bonds. The van der Waals surface area contributed by atoms with Crippen molar-refractivity contribution in [2.24, 2.45) is 0 Å². The fourth-order valence-corrected chi connectivity index (χ4v) is 2.81. The average molecular weight is 282 g/mol. The summed E-state index contributed by atoms with van der Waals surface area (Å²) in [5.41, 5.74) is 7.93. The molecule has 1 aliphatic rings. The van der Waals surface area contributed by atoms with Crippen molar-refractivity contribution in [2.75, 3.05) is 24.1 Å². The Balaban J connectivity index is 1.49. The van der Waals surface area contributed by atoms with Crippen LogP contribution in [0.1, 0.15) is 18.4 Å². The predicted molar refractivity (Wildman–Crippen MR) is 87.0 cm³/mol. The number of nitrogen functional groups attached to an aromatic ring is 1. The number of nitrogens with zero attached hydrogens (tertiary/aromatic N) is 2. The van der Waals surface area contributed by atoms with Crippen LogP contribution in [0.25, 0.3) is 0 Å². The van der Waals surface area contributed by atoms with Crippen LogP contribution in [0.15, 0.2) is 48.7 Å². The molecule has 1 saturated heterocycles. The summed E-state index contributed by atoms with van der Waals surface area (Å²) < 4.78 is 0. The van der Waals surface area contributed by atoms with Crippen molar-refractivity contribution in [3.8, 4) is 0 Å². The van der Waals surface area contributed by atoms with E-state index < -0.39 is 0 Å². The Hall–Kier alpha value is -2.07. The van der Waals surface area contributed by atoms with Crippen LogP contribution in [0.2, 0.25) is 0 Å². The van der Waals surface area contributed by atoms with Crippen LogP contribution in [-0.2, 0) is 6.54 Å². The Bertz CT molecular complexity index is 562. The molecule has 110 valence electrons. The molecule has 1 aromatic carbocycles. The summed E-state index contributed by atoms with van der Waals surface area (Å²) in [6.07, 6.45) is 4.04. The number of aromatic nitrogens is 1. The van der Waals surface area contributed by atoms with Gasteiger partial charge in [0.1, 0.15) is 5.82 Å². The van der Waals surface area contributed by atoms with Gasteiger partial charge in [0.15, 0.2) is 0 Å². The molecule has 0 spiro atoms. The van der Waals surface area contributed by atoms with Gasteiger partial charge < -0.3 is 11.1 Å². The van der Waals surface area contributed by atoms with Crippen LogP contribution in [0.3, 0.4) is 0 Å². The van der Waals surface area contributed by atoms with E-state index in [0.717, 1.165) is 44.0 Å². The van der Waals surface area contributed by atoms with Crippen molar-refractivity contribution >= 4 is 11.5 Å². The standard InChI is InChI=1S/C17H22N4/c18-15-6-9-19-17(12-15)20-16-7-10-21(11-8-16)13-14-4-2-1-3-5-14/h1-6,9,12,16H,7-8,10-11,13H2,(H3,18,19,20). The lowest BCUT2D eigenvalue weighted by Crippen LogP contribution is -2.38. The zero-order valence-electron chi connectivity index (χ0n) is 12.2. The van der Waals surface area contributed by atoms with E-state index in [0.29, 0.717) is 6.04 Å². The highest BCUT2D eigenvalue weighted by atomic mass is 15.1. The summed E-state index contributed by atoms with van der Waals surface area (Å²) in [6.45, 7) is 3.29. The molecule has 0 unspecified atom stereocenters. The van der Waals surface area contributed by atoms with E-state index in [1.807, 2.05) is 12.1 Å². The minimum absolute atomic E-state index is 0.492. The molecule has 1 aliphatic heterocycles. The Morgan fingerprint density at radius 2 is 1.90 bits per heavy atom. The normalized spacial score (nSPS) is 16.8. The van der Waals surface area contributed by atoms with Crippen LogP contribution in [0.4, 0.5) is 11.5 Å². The van der Waals surface area contributed by atoms with Gasteiger partial charge in [-0.25, -0.2) is 4.98 Å². The summed E-state index contributed by atoms with van der Waals surface area (Å²) in [6, 6.07) is 14.9. The van der Waals surface area contributed by atoms with E-state index in [-0.39, 0.29) is 0 Å². The first kappa shape index (κ1) is 13.9. The number of anilines is 2. The third-order valence-corrected chi connectivity index (χ3v) is 3.97. The zero-order valence-corrected chi connectivity index (χ0v) is 12.2. The van der Waals surface area contributed by atoms with Gasteiger partial charge in [0.2, 0.25) is 0 Å². The molecule has 0 bridgehead atoms. The molecule has 2 heterocycles. The lowest BCUT2D eigenvalue weighted by Gasteiger charge is -2.32. The maximum absolute atomic E-state index is 5.78. The molecule has 0 atom stereocenters. The van der Waals surface area contributed by atoms with Crippen LogP contribution >= 0.6 is 0 Å². The predicted octanol–water partition coefficient (Wildman–Crippen LogP) is 2.74. The molecule has 0 saturated carbocycles. The summed E-state index contributed by atoms with van der Waals surface area (Å²) in [5, 5.41) is 3.49. The maximum Gasteiger partial charge on any atom is 0.128 e. The van der Waals surface area contributed by atoms with Gasteiger partial charge in [-0.3, -0.25) is 4.90 Å². The third-order valence-electron chi connectivity index (χ3n) is 3.97. The first-order valence-electron chi connectivity index (χ1n) is 7.54. The molecule has 3 rings (SSSR count). The molecular formula is C17H22N4. The van der Waals surface area contributed by atoms with Crippen LogP contribution < -0.4 is 11.1 Å². The molecule has 4 heteroatoms. The van der Waals surface area contributed by atoms with Crippen LogP contribution in [-0.4, -0.2) is 29.0 Å². The minimum atomic E-state index is 0.492. The van der Waals surface area contributed by atoms with Gasteiger partial charge in [0.05, 0.1) is 0 Å². The van der Waals surface area contributed by atoms with Crippen molar-refractivity contribution in [2.45, 2.75) is 25.4 Å². The molecule has 1 aromatic heterocycles. The number of benzene rings is 1. The number of pyridine rings is 1. The molecule has 2 aromatic rings. The van der Waals surface area contributed by atoms with Crippen molar-refractivity contribution in [1.29, 1.82) is 0 Å². The largest absolute Gasteiger partial charge is 0.399 e. The number of rotatable bonds is 4. The highest BCUT2D eigenvalue weighted by Crippen LogP contribution is 2.18. The quantitative estimate of drug-likeness (QED) is 0.905. The summed E-state index contributed by atoms with van der Waals surface area (Å²) in [5.74, 6) is 0.886. The van der Waals surface area contributed by atoms with Gasteiger partial charge in [-0.1, -0.05) is 30.3 Å². The second-order valence-electron chi connectivity index (χ2n) is 5.65. The van der Waals surface area contributed by atoms with Gasteiger partial charge in [0, 0.05) is 43.6 Å². The van der Waals surface area contributed by atoms with E-state index in [2.05, 4.69) is 45.5 Å². The maximum atomic E-state index is 5.78. The van der Waals surface area contributed by atoms with Crippen LogP contribution in [0, 0.1) is 0 Å². The molecule has 21 heavy (non-hydrogen) atoms. The molecule has 0 radical (unpaired) electrons. The highest BCUT2D eigenvalue weighted by Gasteiger charge is 2.19. The molecule has 0 aliphatic carbocycles. The van der Waals surface area contributed by atoms with Gasteiger partial charge in [-0.05, 0) is 24.5 Å². The van der Waals surface area contributed by atoms with Crippen molar-refractivity contribution in [1.82, 2.24) is 9.88 Å². The fourth-order valence-electron chi connectivity index (χ4n) is 2.81. The SMILES string of the molecule is Nc1ccnc(NC2CCN(Cc3ccccc3)CC2)c1. The zero-order chi connectivity index (χ0) is 14.5. The molecule has 4 nitrogen and oxygen atoms in total. The molecular weight excluding hydrogens is 260 g/mol. The van der Waals surface area contributed by atoms with Crippen molar-refractivity contribution in [3.05, 3.63) is 54.2 Å². The second kappa shape index (κ2) is 6.59. The first-order valence-corrected chi connectivity index (χ1v) is 7.54. The van der Waals surface area contributed by atoms with Crippen molar-refractivity contribution in [3.63, 3.8) is 0 Å². The van der Waals surface area contributed by atoms with E-state index in [1.165, 1.54) is 5.56 Å². The van der Waals surface area contributed by atoms with Gasteiger partial charge in [-0.2, -0.15) is 0 Å². The minimum Gasteiger partial charge on any atom is -0.399 e. The lowest BCUT2D eigenvalue weighted by molar-refractivity contribution is 0.211. The van der Waals surface area contributed by atoms with Gasteiger partial charge >= 0.3 is 0 Å². The monoisotopic (exact) mass is 282 g/mol. The fraction of sp³-hybridized carbons (Fsp3) is 0.353. The highest BCUT2D eigenvalue weighted by molar-refractivity contribution is 5.48. The Labute approximate surface area is 126 Å². The number of hydrogen-bond donors (Lipinski definition) is 2. The van der Waals surface area contributed by atoms with Gasteiger partial charge in [0.25, 0.3) is 0 Å². The smallest absolute Gasteiger partial charge is 0.128 e. The first-order chi connectivity index (χ1) is 10.3. The number of piperidine rings is 1. The van der Waals surface area contributed by atoms with E-state index >= 15 is 0 Å². The Morgan fingerprint density at radius 1 is 1.14 bits per heavy atom. The topological polar surface area (TPSA) is 54.2 Å². The Kier molecular flexibility index (Phi) is 4.36. The van der Waals surface area contributed by atoms with Gasteiger partial charge in [-0.15, -0.1) is 0 Å². The number of nitrogens with two attached hydrogens (primary N) is 1. The van der Waals surface area contributed by atoms with Crippen molar-refractivity contribution < 1.29 is 0 Å². The number of hydrogen-bond acceptors (Lipinski definition) is 4. The Morgan fingerprint density at radius 3 is 2.62 bits per heavy atom. The number of nitrogens with one attached hydrogen (secondary N) is 1. The second-order valence-corrected chi connectivity index (χ2v) is 5.65. The van der Waals surface area contributed by atoms with E-state index in [9.17, 15) is 0 Å². The van der Waals surface area contributed by atoms with Crippen LogP contribution in [0.5, 0.6) is 0 Å². The molecule has 1 fully saturated rings. The third kappa shape index (κ3) is 3.95. The molecule has 3 N–H and O–H groups in total. The van der Waals surface area contributed by atoms with E-state index in [1.54, 1.807) is 6.20 Å².